The van der Waals surface area contributed by atoms with Gasteiger partial charge in [-0.05, 0) is 27.0 Å². The molecule has 0 aliphatic rings. The zero-order valence-corrected chi connectivity index (χ0v) is 13.8. The maximum absolute atomic E-state index is 5.41. The number of fused-ring (bicyclic) bond motifs is 1. The highest BCUT2D eigenvalue weighted by Gasteiger charge is 2.16. The smallest absolute Gasteiger partial charge is 0.258 e. The number of nitrogens with one attached hydrogen (secondary N) is 1. The third kappa shape index (κ3) is 2.95. The second-order valence-corrected chi connectivity index (χ2v) is 5.23. The molecule has 3 heterocycles. The monoisotopic (exact) mass is 322 g/mol. The lowest BCUT2D eigenvalue weighted by Gasteiger charge is -2.04. The lowest BCUT2D eigenvalue weighted by Crippen LogP contribution is -2.24. The van der Waals surface area contributed by atoms with Crippen molar-refractivity contribution in [1.29, 1.82) is 0 Å². The van der Waals surface area contributed by atoms with Gasteiger partial charge in [-0.25, -0.2) is 4.98 Å². The van der Waals surface area contributed by atoms with E-state index in [9.17, 15) is 0 Å². The molecule has 1 N–H and O–H groups in total. The van der Waals surface area contributed by atoms with Crippen molar-refractivity contribution in [1.82, 2.24) is 30.2 Å². The van der Waals surface area contributed by atoms with Gasteiger partial charge >= 0.3 is 0 Å². The fraction of sp³-hybridized carbons (Fsp3) is 0.429. The van der Waals surface area contributed by atoms with Gasteiger partial charge in [0.05, 0.1) is 17.1 Å². The van der Waals surface area contributed by atoms with Crippen LogP contribution in [0.5, 0.6) is 0 Å². The average Bonchev–Trinajstić information content (AvgIpc) is 3.06. The lowest BCUT2D eigenvalue weighted by molar-refractivity contribution is 0.418. The number of aromatic nitrogens is 5. The molecule has 0 aliphatic heterocycles. The van der Waals surface area contributed by atoms with Crippen LogP contribution in [0.2, 0.25) is 0 Å². The third-order valence-electron chi connectivity index (χ3n) is 3.51. The quantitative estimate of drug-likeness (QED) is 0.790. The van der Waals surface area contributed by atoms with Crippen LogP contribution in [0.4, 0.5) is 0 Å². The molecule has 0 radical (unpaired) electrons. The molecule has 0 amide bonds. The molecule has 3 aromatic heterocycles. The fourth-order valence-corrected chi connectivity index (χ4v) is 2.24. The van der Waals surface area contributed by atoms with Crippen LogP contribution < -0.4 is 5.32 Å². The number of hydrogen-bond acceptors (Lipinski definition) is 6. The lowest BCUT2D eigenvalue weighted by atomic mass is 10.1. The van der Waals surface area contributed by atoms with Crippen LogP contribution >= 0.6 is 12.4 Å². The van der Waals surface area contributed by atoms with Gasteiger partial charge in [-0.3, -0.25) is 4.68 Å². The van der Waals surface area contributed by atoms with Crippen molar-refractivity contribution in [2.24, 2.45) is 7.05 Å². The molecule has 0 fully saturated rings. The van der Waals surface area contributed by atoms with E-state index in [4.69, 9.17) is 4.52 Å². The summed E-state index contributed by atoms with van der Waals surface area (Å²) in [6.07, 6.45) is 2.50. The van der Waals surface area contributed by atoms with Gasteiger partial charge < -0.3 is 9.84 Å². The number of aryl methyl sites for hydroxylation is 2. The van der Waals surface area contributed by atoms with Gasteiger partial charge in [0.1, 0.15) is 0 Å². The van der Waals surface area contributed by atoms with Crippen LogP contribution in [0.25, 0.3) is 22.5 Å². The molecule has 3 rings (SSSR count). The van der Waals surface area contributed by atoms with E-state index in [1.165, 1.54) is 0 Å². The van der Waals surface area contributed by atoms with E-state index in [0.717, 1.165) is 28.7 Å². The molecule has 1 unspecified atom stereocenters. The zero-order valence-electron chi connectivity index (χ0n) is 13.0. The SMILES string of the molecule is CNC(C)Cc1noc(-c2cc(C)nc3c2cnn3C)n1.Cl. The van der Waals surface area contributed by atoms with E-state index in [-0.39, 0.29) is 12.4 Å². The van der Waals surface area contributed by atoms with E-state index < -0.39 is 0 Å². The van der Waals surface area contributed by atoms with Gasteiger partial charge in [-0.1, -0.05) is 5.16 Å². The molecule has 0 bridgehead atoms. The molecular weight excluding hydrogens is 304 g/mol. The summed E-state index contributed by atoms with van der Waals surface area (Å²) in [5.74, 6) is 1.20. The zero-order chi connectivity index (χ0) is 15.0. The summed E-state index contributed by atoms with van der Waals surface area (Å²) in [4.78, 5) is 8.98. The minimum atomic E-state index is 0. The van der Waals surface area contributed by atoms with Crippen molar-refractivity contribution in [3.05, 3.63) is 23.8 Å². The summed E-state index contributed by atoms with van der Waals surface area (Å²) >= 11 is 0. The van der Waals surface area contributed by atoms with Crippen molar-refractivity contribution in [2.75, 3.05) is 7.05 Å². The van der Waals surface area contributed by atoms with Crippen LogP contribution in [-0.4, -0.2) is 38.0 Å². The average molecular weight is 323 g/mol. The summed E-state index contributed by atoms with van der Waals surface area (Å²) < 4.78 is 7.16. The minimum absolute atomic E-state index is 0. The Labute approximate surface area is 134 Å². The van der Waals surface area contributed by atoms with Gasteiger partial charge in [0.25, 0.3) is 5.89 Å². The highest BCUT2D eigenvalue weighted by Crippen LogP contribution is 2.27. The molecular formula is C14H19ClN6O. The van der Waals surface area contributed by atoms with Crippen LogP contribution in [0.1, 0.15) is 18.4 Å². The summed E-state index contributed by atoms with van der Waals surface area (Å²) in [5, 5.41) is 12.4. The van der Waals surface area contributed by atoms with Crippen LogP contribution in [0.15, 0.2) is 16.8 Å². The maximum atomic E-state index is 5.41. The van der Waals surface area contributed by atoms with E-state index in [1.54, 1.807) is 10.9 Å². The molecule has 0 saturated carbocycles. The Bertz CT molecular complexity index is 781. The molecule has 8 heteroatoms. The van der Waals surface area contributed by atoms with E-state index in [2.05, 4.69) is 32.5 Å². The minimum Gasteiger partial charge on any atom is -0.334 e. The standard InChI is InChI=1S/C14H18N6O.ClH/c1-8(15-3)6-12-18-14(21-19-12)10-5-9(2)17-13-11(10)7-16-20(13)4;/h5,7-8,15H,6H2,1-4H3;1H. The first-order valence-electron chi connectivity index (χ1n) is 6.88. The molecule has 0 spiro atoms. The number of rotatable bonds is 4. The normalized spacial score (nSPS) is 12.4. The molecule has 0 aliphatic carbocycles. The van der Waals surface area contributed by atoms with E-state index >= 15 is 0 Å². The van der Waals surface area contributed by atoms with Gasteiger partial charge in [0.2, 0.25) is 0 Å². The molecule has 0 aromatic carbocycles. The molecule has 1 atom stereocenters. The Balaban J connectivity index is 0.00000176. The first-order valence-corrected chi connectivity index (χ1v) is 6.88. The number of pyridine rings is 1. The summed E-state index contributed by atoms with van der Waals surface area (Å²) in [6.45, 7) is 4.02. The molecule has 118 valence electrons. The van der Waals surface area contributed by atoms with E-state index in [1.807, 2.05) is 27.1 Å². The first kappa shape index (κ1) is 16.4. The number of likely N-dealkylation sites (N-methyl/N-ethyl adjacent to an activating group) is 1. The summed E-state index contributed by atoms with van der Waals surface area (Å²) in [5.41, 5.74) is 2.58. The first-order chi connectivity index (χ1) is 10.1. The second kappa shape index (κ2) is 6.41. The van der Waals surface area contributed by atoms with Crippen molar-refractivity contribution >= 4 is 23.4 Å². The number of halogens is 1. The molecule has 0 saturated heterocycles. The number of hydrogen-bond donors (Lipinski definition) is 1. The fourth-order valence-electron chi connectivity index (χ4n) is 2.24. The molecule has 7 nitrogen and oxygen atoms in total. The van der Waals surface area contributed by atoms with Gasteiger partial charge in [-0.2, -0.15) is 10.1 Å². The van der Waals surface area contributed by atoms with Crippen molar-refractivity contribution < 1.29 is 4.52 Å². The van der Waals surface area contributed by atoms with Crippen LogP contribution in [-0.2, 0) is 13.5 Å². The Morgan fingerprint density at radius 1 is 1.36 bits per heavy atom. The predicted molar refractivity (Wildman–Crippen MR) is 86.0 cm³/mol. The van der Waals surface area contributed by atoms with Crippen molar-refractivity contribution in [3.8, 4) is 11.5 Å². The van der Waals surface area contributed by atoms with Crippen LogP contribution in [0.3, 0.4) is 0 Å². The highest BCUT2D eigenvalue weighted by molar-refractivity contribution is 5.90. The Morgan fingerprint density at radius 2 is 2.14 bits per heavy atom. The van der Waals surface area contributed by atoms with Crippen LogP contribution in [0, 0.1) is 6.92 Å². The van der Waals surface area contributed by atoms with Crippen molar-refractivity contribution in [2.45, 2.75) is 26.3 Å². The molecule has 22 heavy (non-hydrogen) atoms. The maximum Gasteiger partial charge on any atom is 0.258 e. The third-order valence-corrected chi connectivity index (χ3v) is 3.51. The highest BCUT2D eigenvalue weighted by atomic mass is 35.5. The Hall–Kier alpha value is -1.99. The second-order valence-electron chi connectivity index (χ2n) is 5.23. The predicted octanol–water partition coefficient (Wildman–Crippen LogP) is 1.90. The topological polar surface area (TPSA) is 81.7 Å². The van der Waals surface area contributed by atoms with Gasteiger partial charge in [0.15, 0.2) is 11.5 Å². The van der Waals surface area contributed by atoms with Gasteiger partial charge in [0, 0.05) is 25.2 Å². The number of nitrogens with zero attached hydrogens (tertiary/aromatic N) is 5. The summed E-state index contributed by atoms with van der Waals surface area (Å²) in [7, 11) is 3.78. The Morgan fingerprint density at radius 3 is 2.86 bits per heavy atom. The van der Waals surface area contributed by atoms with Crippen molar-refractivity contribution in [3.63, 3.8) is 0 Å². The largest absolute Gasteiger partial charge is 0.334 e. The van der Waals surface area contributed by atoms with E-state index in [0.29, 0.717) is 17.8 Å². The Kier molecular flexibility index (Phi) is 4.77. The molecule has 3 aromatic rings. The van der Waals surface area contributed by atoms with Gasteiger partial charge in [-0.15, -0.1) is 12.4 Å². The summed E-state index contributed by atoms with van der Waals surface area (Å²) in [6, 6.07) is 2.25.